The van der Waals surface area contributed by atoms with Crippen LogP contribution in [0, 0.1) is 0 Å². The Morgan fingerprint density at radius 1 is 1.40 bits per heavy atom. The van der Waals surface area contributed by atoms with Crippen LogP contribution in [0.5, 0.6) is 0 Å². The zero-order valence-corrected chi connectivity index (χ0v) is 12.1. The SMILES string of the molecule is CC(C)c1nc2ccccc2n1CCC(=O)NCCN. The molecule has 0 atom stereocenters. The molecule has 1 heterocycles. The molecule has 0 aliphatic carbocycles. The molecule has 0 spiro atoms. The molecule has 0 saturated carbocycles. The Labute approximate surface area is 119 Å². The van der Waals surface area contributed by atoms with E-state index < -0.39 is 0 Å². The second-order valence-corrected chi connectivity index (χ2v) is 5.15. The average molecular weight is 274 g/mol. The minimum atomic E-state index is 0.0305. The number of nitrogens with zero attached hydrogens (tertiary/aromatic N) is 2. The Balaban J connectivity index is 2.19. The Kier molecular flexibility index (Phi) is 4.74. The molecule has 0 saturated heterocycles. The molecule has 0 unspecified atom stereocenters. The third-order valence-corrected chi connectivity index (χ3v) is 3.23. The van der Waals surface area contributed by atoms with Crippen LogP contribution in [0.1, 0.15) is 32.0 Å². The first-order valence-corrected chi connectivity index (χ1v) is 7.05. The monoisotopic (exact) mass is 274 g/mol. The Morgan fingerprint density at radius 3 is 2.85 bits per heavy atom. The maximum Gasteiger partial charge on any atom is 0.221 e. The number of rotatable bonds is 6. The van der Waals surface area contributed by atoms with E-state index in [9.17, 15) is 4.79 Å². The van der Waals surface area contributed by atoms with E-state index in [4.69, 9.17) is 5.73 Å². The van der Waals surface area contributed by atoms with Crippen LogP contribution in [0.15, 0.2) is 24.3 Å². The lowest BCUT2D eigenvalue weighted by atomic mass is 10.2. The van der Waals surface area contributed by atoms with Crippen molar-refractivity contribution in [2.24, 2.45) is 5.73 Å². The van der Waals surface area contributed by atoms with Gasteiger partial charge in [0, 0.05) is 32.0 Å². The number of benzene rings is 1. The van der Waals surface area contributed by atoms with E-state index in [0.29, 0.717) is 32.0 Å². The maximum absolute atomic E-state index is 11.7. The molecule has 0 radical (unpaired) electrons. The molecule has 3 N–H and O–H groups in total. The summed E-state index contributed by atoms with van der Waals surface area (Å²) in [6, 6.07) is 8.04. The summed E-state index contributed by atoms with van der Waals surface area (Å²) in [5.41, 5.74) is 7.45. The lowest BCUT2D eigenvalue weighted by Gasteiger charge is -2.11. The van der Waals surface area contributed by atoms with E-state index in [1.807, 2.05) is 24.3 Å². The molecular formula is C15H22N4O. The molecule has 2 aromatic rings. The molecule has 1 amide bonds. The number of fused-ring (bicyclic) bond motifs is 1. The molecule has 0 aliphatic heterocycles. The van der Waals surface area contributed by atoms with Gasteiger partial charge in [-0.1, -0.05) is 26.0 Å². The highest BCUT2D eigenvalue weighted by Crippen LogP contribution is 2.21. The van der Waals surface area contributed by atoms with E-state index >= 15 is 0 Å². The number of imidazole rings is 1. The van der Waals surface area contributed by atoms with Crippen molar-refractivity contribution in [1.82, 2.24) is 14.9 Å². The third kappa shape index (κ3) is 3.17. The molecule has 20 heavy (non-hydrogen) atoms. The van der Waals surface area contributed by atoms with Crippen molar-refractivity contribution >= 4 is 16.9 Å². The maximum atomic E-state index is 11.7. The van der Waals surface area contributed by atoms with Crippen LogP contribution in [0.3, 0.4) is 0 Å². The average Bonchev–Trinajstić information content (AvgIpc) is 2.82. The van der Waals surface area contributed by atoms with Crippen LogP contribution in [0.4, 0.5) is 0 Å². The molecule has 1 aromatic heterocycles. The van der Waals surface area contributed by atoms with E-state index in [-0.39, 0.29) is 5.91 Å². The summed E-state index contributed by atoms with van der Waals surface area (Å²) in [5, 5.41) is 2.79. The number of hydrogen-bond acceptors (Lipinski definition) is 3. The molecule has 5 heteroatoms. The van der Waals surface area contributed by atoms with Crippen LogP contribution in [0.25, 0.3) is 11.0 Å². The molecule has 108 valence electrons. The highest BCUT2D eigenvalue weighted by molar-refractivity contribution is 5.78. The van der Waals surface area contributed by atoms with E-state index in [1.165, 1.54) is 0 Å². The van der Waals surface area contributed by atoms with Crippen molar-refractivity contribution in [3.8, 4) is 0 Å². The summed E-state index contributed by atoms with van der Waals surface area (Å²) in [7, 11) is 0. The molecule has 0 bridgehead atoms. The number of hydrogen-bond donors (Lipinski definition) is 2. The normalized spacial score (nSPS) is 11.2. The number of carbonyl (C=O) groups excluding carboxylic acids is 1. The van der Waals surface area contributed by atoms with Gasteiger partial charge < -0.3 is 15.6 Å². The molecule has 2 rings (SSSR count). The second kappa shape index (κ2) is 6.52. The Morgan fingerprint density at radius 2 is 2.15 bits per heavy atom. The van der Waals surface area contributed by atoms with Crippen molar-refractivity contribution in [3.05, 3.63) is 30.1 Å². The first-order chi connectivity index (χ1) is 9.63. The van der Waals surface area contributed by atoms with E-state index in [0.717, 1.165) is 16.9 Å². The number of amides is 1. The fraction of sp³-hybridized carbons (Fsp3) is 0.467. The molecule has 1 aromatic carbocycles. The number of nitrogens with two attached hydrogens (primary N) is 1. The van der Waals surface area contributed by atoms with Crippen LogP contribution in [-0.2, 0) is 11.3 Å². The molecular weight excluding hydrogens is 252 g/mol. The predicted octanol–water partition coefficient (Wildman–Crippen LogP) is 1.62. The summed E-state index contributed by atoms with van der Waals surface area (Å²) in [5.74, 6) is 1.38. The standard InChI is InChI=1S/C15H22N4O/c1-11(2)15-18-12-5-3-4-6-13(12)19(15)10-7-14(20)17-9-8-16/h3-6,11H,7-10,16H2,1-2H3,(H,17,20). The fourth-order valence-electron chi connectivity index (χ4n) is 2.28. The number of carbonyl (C=O) groups is 1. The van der Waals surface area contributed by atoms with Crippen molar-refractivity contribution < 1.29 is 4.79 Å². The minimum Gasteiger partial charge on any atom is -0.355 e. The zero-order chi connectivity index (χ0) is 14.5. The van der Waals surface area contributed by atoms with Gasteiger partial charge in [-0.15, -0.1) is 0 Å². The van der Waals surface area contributed by atoms with Gasteiger partial charge in [0.25, 0.3) is 0 Å². The largest absolute Gasteiger partial charge is 0.355 e. The van der Waals surface area contributed by atoms with Gasteiger partial charge in [0.05, 0.1) is 11.0 Å². The number of aromatic nitrogens is 2. The van der Waals surface area contributed by atoms with Gasteiger partial charge in [-0.25, -0.2) is 4.98 Å². The smallest absolute Gasteiger partial charge is 0.221 e. The lowest BCUT2D eigenvalue weighted by Crippen LogP contribution is -2.29. The third-order valence-electron chi connectivity index (χ3n) is 3.23. The Bertz CT molecular complexity index is 589. The highest BCUT2D eigenvalue weighted by atomic mass is 16.1. The van der Waals surface area contributed by atoms with Crippen molar-refractivity contribution in [1.29, 1.82) is 0 Å². The Hall–Kier alpha value is -1.88. The molecule has 5 nitrogen and oxygen atoms in total. The topological polar surface area (TPSA) is 72.9 Å². The van der Waals surface area contributed by atoms with Gasteiger partial charge in [0.1, 0.15) is 5.82 Å². The quantitative estimate of drug-likeness (QED) is 0.840. The summed E-state index contributed by atoms with van der Waals surface area (Å²) >= 11 is 0. The lowest BCUT2D eigenvalue weighted by molar-refractivity contribution is -0.121. The number of para-hydroxylation sites is 2. The summed E-state index contributed by atoms with van der Waals surface area (Å²) in [6.45, 7) is 5.88. The van der Waals surface area contributed by atoms with Gasteiger partial charge >= 0.3 is 0 Å². The van der Waals surface area contributed by atoms with Gasteiger partial charge in [-0.05, 0) is 12.1 Å². The number of aryl methyl sites for hydroxylation is 1. The first kappa shape index (κ1) is 14.5. The van der Waals surface area contributed by atoms with Gasteiger partial charge in [-0.3, -0.25) is 4.79 Å². The van der Waals surface area contributed by atoms with Gasteiger partial charge in [0.15, 0.2) is 0 Å². The van der Waals surface area contributed by atoms with E-state index in [1.54, 1.807) is 0 Å². The zero-order valence-electron chi connectivity index (χ0n) is 12.1. The summed E-state index contributed by atoms with van der Waals surface area (Å²) < 4.78 is 2.14. The summed E-state index contributed by atoms with van der Waals surface area (Å²) in [4.78, 5) is 16.4. The first-order valence-electron chi connectivity index (χ1n) is 7.05. The van der Waals surface area contributed by atoms with Crippen LogP contribution >= 0.6 is 0 Å². The molecule has 0 fully saturated rings. The number of nitrogens with one attached hydrogen (secondary N) is 1. The van der Waals surface area contributed by atoms with Crippen molar-refractivity contribution in [2.75, 3.05) is 13.1 Å². The fourth-order valence-corrected chi connectivity index (χ4v) is 2.28. The van der Waals surface area contributed by atoms with E-state index in [2.05, 4.69) is 28.7 Å². The van der Waals surface area contributed by atoms with Crippen LogP contribution < -0.4 is 11.1 Å². The van der Waals surface area contributed by atoms with Gasteiger partial charge in [0.2, 0.25) is 5.91 Å². The molecule has 0 aliphatic rings. The highest BCUT2D eigenvalue weighted by Gasteiger charge is 2.14. The van der Waals surface area contributed by atoms with Gasteiger partial charge in [-0.2, -0.15) is 0 Å². The predicted molar refractivity (Wildman–Crippen MR) is 80.5 cm³/mol. The van der Waals surface area contributed by atoms with Crippen molar-refractivity contribution in [3.63, 3.8) is 0 Å². The van der Waals surface area contributed by atoms with Crippen molar-refractivity contribution in [2.45, 2.75) is 32.7 Å². The minimum absolute atomic E-state index is 0.0305. The second-order valence-electron chi connectivity index (χ2n) is 5.15. The van der Waals surface area contributed by atoms with Crippen LogP contribution in [0.2, 0.25) is 0 Å². The van der Waals surface area contributed by atoms with Crippen LogP contribution in [-0.4, -0.2) is 28.5 Å². The summed E-state index contributed by atoms with van der Waals surface area (Å²) in [6.07, 6.45) is 0.445.